The summed E-state index contributed by atoms with van der Waals surface area (Å²) in [5.74, 6) is -0.220. The van der Waals surface area contributed by atoms with E-state index in [1.807, 2.05) is 35.0 Å². The summed E-state index contributed by atoms with van der Waals surface area (Å²) in [7, 11) is 0. The van der Waals surface area contributed by atoms with E-state index in [1.54, 1.807) is 18.2 Å². The van der Waals surface area contributed by atoms with Crippen molar-refractivity contribution >= 4 is 16.7 Å². The van der Waals surface area contributed by atoms with E-state index in [9.17, 15) is 9.18 Å². The van der Waals surface area contributed by atoms with Crippen LogP contribution < -0.4 is 0 Å². The van der Waals surface area contributed by atoms with Gasteiger partial charge in [0.1, 0.15) is 5.82 Å². The molecule has 1 heterocycles. The van der Waals surface area contributed by atoms with Gasteiger partial charge in [0.05, 0.1) is 6.54 Å². The Kier molecular flexibility index (Phi) is 2.88. The number of carbonyl (C=O) groups excluding carboxylic acids is 1. The molecule has 3 heteroatoms. The standard InChI is InChI=1S/C16H12FNO/c17-14-6-7-15-13(10-14)8-9-18(15)11-16(19)12-4-2-1-3-5-12/h1-10H,11H2. The van der Waals surface area contributed by atoms with E-state index in [0.29, 0.717) is 5.56 Å². The van der Waals surface area contributed by atoms with Gasteiger partial charge in [-0.05, 0) is 24.3 Å². The van der Waals surface area contributed by atoms with Gasteiger partial charge in [-0.1, -0.05) is 30.3 Å². The van der Waals surface area contributed by atoms with Gasteiger partial charge in [-0.3, -0.25) is 4.79 Å². The molecule has 0 radical (unpaired) electrons. The molecule has 0 N–H and O–H groups in total. The zero-order valence-corrected chi connectivity index (χ0v) is 10.2. The highest BCUT2D eigenvalue weighted by Crippen LogP contribution is 2.17. The first-order valence-corrected chi connectivity index (χ1v) is 6.07. The van der Waals surface area contributed by atoms with Crippen LogP contribution in [0.1, 0.15) is 10.4 Å². The van der Waals surface area contributed by atoms with Crippen molar-refractivity contribution in [3.8, 4) is 0 Å². The zero-order chi connectivity index (χ0) is 13.2. The Labute approximate surface area is 110 Å². The van der Waals surface area contributed by atoms with Crippen LogP contribution in [0.5, 0.6) is 0 Å². The Morgan fingerprint density at radius 1 is 1.05 bits per heavy atom. The monoisotopic (exact) mass is 253 g/mol. The Morgan fingerprint density at radius 3 is 2.63 bits per heavy atom. The lowest BCUT2D eigenvalue weighted by Crippen LogP contribution is -2.09. The smallest absolute Gasteiger partial charge is 0.182 e. The molecule has 2 nitrogen and oxygen atoms in total. The second-order valence-electron chi connectivity index (χ2n) is 4.44. The van der Waals surface area contributed by atoms with E-state index in [-0.39, 0.29) is 18.1 Å². The fraction of sp³-hybridized carbons (Fsp3) is 0.0625. The van der Waals surface area contributed by atoms with Crippen LogP contribution in [0.3, 0.4) is 0 Å². The lowest BCUT2D eigenvalue weighted by molar-refractivity contribution is 0.0973. The van der Waals surface area contributed by atoms with Crippen molar-refractivity contribution in [2.24, 2.45) is 0 Å². The maximum atomic E-state index is 13.1. The molecule has 3 aromatic rings. The molecular formula is C16H12FNO. The van der Waals surface area contributed by atoms with Gasteiger partial charge in [0.15, 0.2) is 5.78 Å². The van der Waals surface area contributed by atoms with Gasteiger partial charge in [-0.25, -0.2) is 4.39 Å². The third-order valence-electron chi connectivity index (χ3n) is 3.14. The number of fused-ring (bicyclic) bond motifs is 1. The number of Topliss-reactive ketones (excluding diaryl/α,β-unsaturated/α-hetero) is 1. The van der Waals surface area contributed by atoms with Crippen LogP contribution in [0.4, 0.5) is 4.39 Å². The van der Waals surface area contributed by atoms with Crippen molar-refractivity contribution in [2.45, 2.75) is 6.54 Å². The Balaban J connectivity index is 1.92. The summed E-state index contributed by atoms with van der Waals surface area (Å²) in [5, 5.41) is 0.806. The molecule has 2 aromatic carbocycles. The number of nitrogens with zero attached hydrogens (tertiary/aromatic N) is 1. The maximum Gasteiger partial charge on any atom is 0.182 e. The minimum absolute atomic E-state index is 0.0439. The highest BCUT2D eigenvalue weighted by Gasteiger charge is 2.08. The number of carbonyl (C=O) groups is 1. The molecule has 3 rings (SSSR count). The number of hydrogen-bond donors (Lipinski definition) is 0. The van der Waals surface area contributed by atoms with Crippen LogP contribution in [0, 0.1) is 5.82 Å². The van der Waals surface area contributed by atoms with Crippen LogP contribution in [0.15, 0.2) is 60.8 Å². The first-order chi connectivity index (χ1) is 9.24. The van der Waals surface area contributed by atoms with Crippen LogP contribution in [-0.2, 0) is 6.54 Å². The lowest BCUT2D eigenvalue weighted by atomic mass is 10.1. The Morgan fingerprint density at radius 2 is 1.84 bits per heavy atom. The number of hydrogen-bond acceptors (Lipinski definition) is 1. The number of rotatable bonds is 3. The molecule has 94 valence electrons. The van der Waals surface area contributed by atoms with Crippen molar-refractivity contribution in [1.29, 1.82) is 0 Å². The van der Waals surface area contributed by atoms with Gasteiger partial charge in [0, 0.05) is 22.7 Å². The Hall–Kier alpha value is -2.42. The summed E-state index contributed by atoms with van der Waals surface area (Å²) in [6.07, 6.45) is 1.81. The van der Waals surface area contributed by atoms with Gasteiger partial charge >= 0.3 is 0 Å². The molecule has 0 amide bonds. The molecule has 0 unspecified atom stereocenters. The molecule has 0 bridgehead atoms. The summed E-state index contributed by atoms with van der Waals surface area (Å²) in [6.45, 7) is 0.263. The highest BCUT2D eigenvalue weighted by atomic mass is 19.1. The van der Waals surface area contributed by atoms with E-state index in [2.05, 4.69) is 0 Å². The molecule has 0 aliphatic carbocycles. The summed E-state index contributed by atoms with van der Waals surface area (Å²) < 4.78 is 14.9. The number of ketones is 1. The molecule has 0 saturated carbocycles. The lowest BCUT2D eigenvalue weighted by Gasteiger charge is -2.05. The van der Waals surface area contributed by atoms with E-state index in [4.69, 9.17) is 0 Å². The van der Waals surface area contributed by atoms with Gasteiger partial charge in [0.2, 0.25) is 0 Å². The van der Waals surface area contributed by atoms with Gasteiger partial charge in [-0.2, -0.15) is 0 Å². The predicted octanol–water partition coefficient (Wildman–Crippen LogP) is 3.66. The minimum Gasteiger partial charge on any atom is -0.340 e. The van der Waals surface area contributed by atoms with Crippen LogP contribution in [0.25, 0.3) is 10.9 Å². The van der Waals surface area contributed by atoms with E-state index >= 15 is 0 Å². The Bertz CT molecular complexity index is 731. The normalized spacial score (nSPS) is 10.8. The summed E-state index contributed by atoms with van der Waals surface area (Å²) in [4.78, 5) is 12.1. The van der Waals surface area contributed by atoms with E-state index < -0.39 is 0 Å². The molecule has 1 aromatic heterocycles. The molecule has 0 aliphatic rings. The molecule has 0 atom stereocenters. The number of halogens is 1. The topological polar surface area (TPSA) is 22.0 Å². The van der Waals surface area contributed by atoms with Crippen molar-refractivity contribution in [3.05, 3.63) is 72.2 Å². The third kappa shape index (κ3) is 2.27. The van der Waals surface area contributed by atoms with E-state index in [1.165, 1.54) is 12.1 Å². The molecular weight excluding hydrogens is 241 g/mol. The van der Waals surface area contributed by atoms with Gasteiger partial charge in [0.25, 0.3) is 0 Å². The quantitative estimate of drug-likeness (QED) is 0.653. The highest BCUT2D eigenvalue weighted by molar-refractivity contribution is 5.96. The molecule has 0 fully saturated rings. The van der Waals surface area contributed by atoms with Crippen molar-refractivity contribution in [3.63, 3.8) is 0 Å². The fourth-order valence-corrected chi connectivity index (χ4v) is 2.18. The largest absolute Gasteiger partial charge is 0.340 e. The zero-order valence-electron chi connectivity index (χ0n) is 10.2. The van der Waals surface area contributed by atoms with Crippen LogP contribution in [-0.4, -0.2) is 10.4 Å². The second-order valence-corrected chi connectivity index (χ2v) is 4.44. The predicted molar refractivity (Wildman–Crippen MR) is 72.7 cm³/mol. The summed E-state index contributed by atoms with van der Waals surface area (Å²) in [5.41, 5.74) is 1.55. The first kappa shape index (κ1) is 11.7. The first-order valence-electron chi connectivity index (χ1n) is 6.07. The molecule has 0 aliphatic heterocycles. The minimum atomic E-state index is -0.264. The summed E-state index contributed by atoms with van der Waals surface area (Å²) >= 11 is 0. The molecule has 0 saturated heterocycles. The average Bonchev–Trinajstić information content (AvgIpc) is 2.82. The molecule has 0 spiro atoms. The van der Waals surface area contributed by atoms with Crippen LogP contribution >= 0.6 is 0 Å². The molecule has 19 heavy (non-hydrogen) atoms. The van der Waals surface area contributed by atoms with Crippen molar-refractivity contribution < 1.29 is 9.18 Å². The number of aromatic nitrogens is 1. The van der Waals surface area contributed by atoms with Crippen molar-refractivity contribution in [2.75, 3.05) is 0 Å². The summed E-state index contributed by atoms with van der Waals surface area (Å²) in [6, 6.07) is 15.6. The van der Waals surface area contributed by atoms with Gasteiger partial charge < -0.3 is 4.57 Å². The maximum absolute atomic E-state index is 13.1. The van der Waals surface area contributed by atoms with Crippen LogP contribution in [0.2, 0.25) is 0 Å². The SMILES string of the molecule is O=C(Cn1ccc2cc(F)ccc21)c1ccccc1. The average molecular weight is 253 g/mol. The van der Waals surface area contributed by atoms with Gasteiger partial charge in [-0.15, -0.1) is 0 Å². The van der Waals surface area contributed by atoms with Crippen molar-refractivity contribution in [1.82, 2.24) is 4.57 Å². The third-order valence-corrected chi connectivity index (χ3v) is 3.14. The number of benzene rings is 2. The second kappa shape index (κ2) is 4.69. The fourth-order valence-electron chi connectivity index (χ4n) is 2.18. The van der Waals surface area contributed by atoms with E-state index in [0.717, 1.165) is 10.9 Å².